The van der Waals surface area contributed by atoms with Crippen LogP contribution in [-0.2, 0) is 19.5 Å². The average molecular weight is 276 g/mol. The average Bonchev–Trinajstić information content (AvgIpc) is 2.44. The number of aromatic nitrogens is 1. The van der Waals surface area contributed by atoms with Crippen molar-refractivity contribution in [1.29, 1.82) is 0 Å². The van der Waals surface area contributed by atoms with E-state index < -0.39 is 0 Å². The number of pyridine rings is 1. The molecule has 0 amide bonds. The Bertz CT molecular complexity index is 332. The van der Waals surface area contributed by atoms with E-state index in [2.05, 4.69) is 24.7 Å². The Morgan fingerprint density at radius 1 is 0.882 bits per heavy atom. The first-order valence-corrected chi connectivity index (χ1v) is 4.87. The Morgan fingerprint density at radius 3 is 1.59 bits per heavy atom. The third kappa shape index (κ3) is 10.7. The van der Waals surface area contributed by atoms with Crippen LogP contribution in [0.15, 0.2) is 74.1 Å². The normalized spacial score (nSPS) is 7.06. The van der Waals surface area contributed by atoms with Crippen molar-refractivity contribution in [3.05, 3.63) is 86.2 Å². The van der Waals surface area contributed by atoms with Gasteiger partial charge in [0, 0.05) is 31.9 Å². The number of hydrogen-bond acceptors (Lipinski definition) is 1. The molecular weight excluding hydrogens is 260 g/mol. The van der Waals surface area contributed by atoms with Crippen molar-refractivity contribution in [2.45, 2.75) is 0 Å². The second kappa shape index (κ2) is 14.5. The summed E-state index contributed by atoms with van der Waals surface area (Å²) < 4.78 is 0. The summed E-state index contributed by atoms with van der Waals surface area (Å²) >= 11 is 0. The van der Waals surface area contributed by atoms with Crippen LogP contribution >= 0.6 is 0 Å². The first-order valence-electron chi connectivity index (χ1n) is 4.87. The monoisotopic (exact) mass is 274 g/mol. The van der Waals surface area contributed by atoms with Crippen LogP contribution in [0.4, 0.5) is 0 Å². The molecule has 84 valence electrons. The summed E-state index contributed by atoms with van der Waals surface area (Å²) in [6.07, 6.45) is 5.33. The van der Waals surface area contributed by atoms with Crippen molar-refractivity contribution < 1.29 is 19.5 Å². The molecule has 0 radical (unpaired) electrons. The zero-order valence-corrected chi connectivity index (χ0v) is 13.0. The predicted octanol–water partition coefficient (Wildman–Crippen LogP) is 4.01. The molecule has 0 spiro atoms. The second-order valence-electron chi connectivity index (χ2n) is 2.64. The summed E-state index contributed by atoms with van der Waals surface area (Å²) in [6, 6.07) is 15.7. The molecule has 0 bridgehead atoms. The van der Waals surface area contributed by atoms with Crippen molar-refractivity contribution in [2.24, 2.45) is 0 Å². The van der Waals surface area contributed by atoms with Gasteiger partial charge in [-0.1, -0.05) is 49.1 Å². The molecule has 0 N–H and O–H groups in total. The Morgan fingerprint density at radius 2 is 1.35 bits per heavy atom. The van der Waals surface area contributed by atoms with Crippen LogP contribution in [0.2, 0.25) is 0 Å². The Hall–Kier alpha value is -1.53. The standard InChI is InChI=1S/C8H8.C5H5N.C2H3.Zn/c1-2-8-6-4-3-5-7-8;1-2-4-6-5-3-1;1-2;/h2-7H,1H2;1-5H;1H,2H2;/q;;-1;. The molecule has 1 nitrogen and oxygen atoms in total. The van der Waals surface area contributed by atoms with Crippen LogP contribution in [0.25, 0.3) is 6.08 Å². The van der Waals surface area contributed by atoms with Crippen LogP contribution in [-0.4, -0.2) is 4.98 Å². The van der Waals surface area contributed by atoms with E-state index in [4.69, 9.17) is 0 Å². The zero-order valence-electron chi connectivity index (χ0n) is 10.00. The molecule has 1 aromatic carbocycles. The maximum absolute atomic E-state index is 4.25. The van der Waals surface area contributed by atoms with E-state index in [1.807, 2.05) is 54.6 Å². The molecule has 2 heteroatoms. The minimum atomic E-state index is 0. The molecule has 17 heavy (non-hydrogen) atoms. The minimum Gasteiger partial charge on any atom is -0.521 e. The van der Waals surface area contributed by atoms with E-state index in [0.717, 1.165) is 0 Å². The van der Waals surface area contributed by atoms with Crippen molar-refractivity contribution >= 4 is 6.08 Å². The van der Waals surface area contributed by atoms with Gasteiger partial charge >= 0.3 is 0 Å². The summed E-state index contributed by atoms with van der Waals surface area (Å²) in [7, 11) is 0. The molecule has 1 heterocycles. The van der Waals surface area contributed by atoms with E-state index >= 15 is 0 Å². The van der Waals surface area contributed by atoms with Crippen molar-refractivity contribution in [2.75, 3.05) is 0 Å². The van der Waals surface area contributed by atoms with Crippen molar-refractivity contribution in [3.8, 4) is 0 Å². The molecule has 0 atom stereocenters. The first kappa shape index (κ1) is 17.9. The van der Waals surface area contributed by atoms with Crippen molar-refractivity contribution in [1.82, 2.24) is 4.98 Å². The second-order valence-corrected chi connectivity index (χ2v) is 2.64. The fraction of sp³-hybridized carbons (Fsp3) is 0. The molecule has 0 fully saturated rings. The molecule has 2 aromatic rings. The van der Waals surface area contributed by atoms with E-state index in [-0.39, 0.29) is 19.5 Å². The quantitative estimate of drug-likeness (QED) is 0.566. The van der Waals surface area contributed by atoms with Crippen LogP contribution < -0.4 is 0 Å². The predicted molar refractivity (Wildman–Crippen MR) is 70.7 cm³/mol. The Labute approximate surface area is 117 Å². The van der Waals surface area contributed by atoms with Gasteiger partial charge in [0.15, 0.2) is 0 Å². The minimum absolute atomic E-state index is 0. The summed E-state index contributed by atoms with van der Waals surface area (Å²) in [6.45, 7) is 10.6. The molecule has 0 unspecified atom stereocenters. The van der Waals surface area contributed by atoms with E-state index in [0.29, 0.717) is 0 Å². The molecule has 0 aliphatic heterocycles. The van der Waals surface area contributed by atoms with Gasteiger partial charge < -0.3 is 6.58 Å². The van der Waals surface area contributed by atoms with Crippen LogP contribution in [0.5, 0.6) is 0 Å². The molecule has 1 aromatic heterocycles. The topological polar surface area (TPSA) is 12.9 Å². The van der Waals surface area contributed by atoms with Gasteiger partial charge in [0.05, 0.1) is 0 Å². The molecule has 0 saturated carbocycles. The number of hydrogen-bond donors (Lipinski definition) is 0. The fourth-order valence-corrected chi connectivity index (χ4v) is 0.902. The largest absolute Gasteiger partial charge is 0.521 e. The number of benzene rings is 1. The summed E-state index contributed by atoms with van der Waals surface area (Å²) in [5.74, 6) is 0. The van der Waals surface area contributed by atoms with Gasteiger partial charge in [-0.15, -0.1) is 0 Å². The van der Waals surface area contributed by atoms with Gasteiger partial charge in [-0.05, 0) is 17.7 Å². The summed E-state index contributed by atoms with van der Waals surface area (Å²) in [5, 5.41) is 0. The van der Waals surface area contributed by atoms with Crippen LogP contribution in [0, 0.1) is 6.58 Å². The van der Waals surface area contributed by atoms with Gasteiger partial charge in [0.2, 0.25) is 0 Å². The van der Waals surface area contributed by atoms with Gasteiger partial charge in [0.25, 0.3) is 0 Å². The van der Waals surface area contributed by atoms with Gasteiger partial charge in [-0.2, -0.15) is 0 Å². The zero-order chi connectivity index (χ0) is 12.1. The maximum atomic E-state index is 4.25. The van der Waals surface area contributed by atoms with Crippen molar-refractivity contribution in [3.63, 3.8) is 0 Å². The molecule has 0 aliphatic rings. The van der Waals surface area contributed by atoms with E-state index in [1.165, 1.54) is 5.56 Å². The smallest absolute Gasteiger partial charge is 0.0267 e. The molecule has 2 rings (SSSR count). The van der Waals surface area contributed by atoms with Gasteiger partial charge in [0.1, 0.15) is 0 Å². The summed E-state index contributed by atoms with van der Waals surface area (Å²) in [5.41, 5.74) is 1.17. The first-order chi connectivity index (χ1) is 7.93. The number of nitrogens with zero attached hydrogens (tertiary/aromatic N) is 1. The van der Waals surface area contributed by atoms with E-state index in [1.54, 1.807) is 12.4 Å². The maximum Gasteiger partial charge on any atom is 0.0267 e. The van der Waals surface area contributed by atoms with E-state index in [9.17, 15) is 0 Å². The SMILES string of the molecule is C=Cc1ccccc1.[CH-]=C.[Zn].c1ccncc1. The molecule has 0 aliphatic carbocycles. The molecular formula is C15H16NZn-. The Kier molecular flexibility index (Phi) is 15.2. The third-order valence-electron chi connectivity index (χ3n) is 1.60. The Balaban J connectivity index is 0. The van der Waals surface area contributed by atoms with Crippen LogP contribution in [0.1, 0.15) is 5.56 Å². The third-order valence-corrected chi connectivity index (χ3v) is 1.60. The van der Waals surface area contributed by atoms with Gasteiger partial charge in [-0.3, -0.25) is 11.6 Å². The van der Waals surface area contributed by atoms with Gasteiger partial charge in [-0.25, -0.2) is 0 Å². The molecule has 0 saturated heterocycles. The summed E-state index contributed by atoms with van der Waals surface area (Å²) in [4.78, 5) is 3.78. The van der Waals surface area contributed by atoms with Crippen LogP contribution in [0.3, 0.4) is 0 Å². The number of rotatable bonds is 1. The fourth-order valence-electron chi connectivity index (χ4n) is 0.902.